The van der Waals surface area contributed by atoms with Crippen LogP contribution in [0.15, 0.2) is 0 Å². The van der Waals surface area contributed by atoms with Crippen LogP contribution in [0.25, 0.3) is 0 Å². The van der Waals surface area contributed by atoms with Gasteiger partial charge in [-0.15, -0.1) is 0 Å². The van der Waals surface area contributed by atoms with Gasteiger partial charge in [-0.25, -0.2) is 0 Å². The molecule has 1 aliphatic heterocycles. The van der Waals surface area contributed by atoms with Gasteiger partial charge in [0.1, 0.15) is 0 Å². The Kier molecular flexibility index (Phi) is 5.92. The van der Waals surface area contributed by atoms with Gasteiger partial charge >= 0.3 is 5.97 Å². The fraction of sp³-hybridized carbons (Fsp3) is 0.923. The summed E-state index contributed by atoms with van der Waals surface area (Å²) in [6.45, 7) is 7.73. The number of carboxylic acid groups (broad SMARTS) is 1. The molecule has 17 heavy (non-hydrogen) atoms. The first-order valence-corrected chi connectivity index (χ1v) is 6.62. The van der Waals surface area contributed by atoms with E-state index in [1.54, 1.807) is 0 Å². The number of carboxylic acids is 1. The van der Waals surface area contributed by atoms with E-state index in [1.165, 1.54) is 0 Å². The molecule has 0 aromatic carbocycles. The third kappa shape index (κ3) is 5.50. The number of nitrogens with one attached hydrogen (secondary N) is 1. The molecule has 0 aliphatic carbocycles. The number of aliphatic carboxylic acids is 1. The number of piperidine rings is 1. The number of hydrogen-bond donors (Lipinski definition) is 2. The molecule has 1 heterocycles. The number of likely N-dealkylation sites (N-methyl/N-ethyl adjacent to an activating group) is 1. The number of likely N-dealkylation sites (tertiary alicyclic amines) is 1. The smallest absolute Gasteiger partial charge is 0.303 e. The average Bonchev–Trinajstić information content (AvgIpc) is 2.25. The Bertz CT molecular complexity index is 244. The van der Waals surface area contributed by atoms with Crippen LogP contribution in [0.3, 0.4) is 0 Å². The molecule has 0 aromatic rings. The molecule has 1 aliphatic rings. The highest BCUT2D eigenvalue weighted by atomic mass is 16.4. The highest BCUT2D eigenvalue weighted by Gasteiger charge is 2.26. The summed E-state index contributed by atoms with van der Waals surface area (Å²) in [5, 5.41) is 12.1. The van der Waals surface area contributed by atoms with Gasteiger partial charge in [-0.05, 0) is 31.7 Å². The number of rotatable bonds is 6. The maximum Gasteiger partial charge on any atom is 0.303 e. The molecule has 0 saturated carbocycles. The van der Waals surface area contributed by atoms with Crippen LogP contribution in [0.1, 0.15) is 33.1 Å². The summed E-state index contributed by atoms with van der Waals surface area (Å²) in [6, 6.07) is 0.515. The lowest BCUT2D eigenvalue weighted by molar-refractivity contribution is -0.137. The van der Waals surface area contributed by atoms with Gasteiger partial charge in [-0.1, -0.05) is 13.8 Å². The molecule has 0 amide bonds. The second-order valence-corrected chi connectivity index (χ2v) is 5.63. The maximum absolute atomic E-state index is 10.6. The number of nitrogens with zero attached hydrogens (tertiary/aromatic N) is 1. The van der Waals surface area contributed by atoms with Gasteiger partial charge in [-0.3, -0.25) is 4.79 Å². The third-order valence-corrected chi connectivity index (χ3v) is 3.41. The first kappa shape index (κ1) is 14.5. The Morgan fingerprint density at radius 2 is 2.18 bits per heavy atom. The summed E-state index contributed by atoms with van der Waals surface area (Å²) in [6.07, 6.45) is 2.22. The van der Waals surface area contributed by atoms with Crippen molar-refractivity contribution in [1.82, 2.24) is 10.2 Å². The minimum absolute atomic E-state index is 0.302. The molecular formula is C13H26N2O2. The van der Waals surface area contributed by atoms with Crippen molar-refractivity contribution in [3.05, 3.63) is 0 Å². The van der Waals surface area contributed by atoms with E-state index in [0.717, 1.165) is 32.5 Å². The largest absolute Gasteiger partial charge is 0.481 e. The van der Waals surface area contributed by atoms with E-state index < -0.39 is 5.97 Å². The minimum Gasteiger partial charge on any atom is -0.481 e. The lowest BCUT2D eigenvalue weighted by Gasteiger charge is -2.38. The van der Waals surface area contributed by atoms with Crippen molar-refractivity contribution in [1.29, 1.82) is 0 Å². The van der Waals surface area contributed by atoms with Crippen LogP contribution in [0.4, 0.5) is 0 Å². The van der Waals surface area contributed by atoms with Crippen molar-refractivity contribution >= 4 is 5.97 Å². The first-order chi connectivity index (χ1) is 8.01. The Morgan fingerprint density at radius 1 is 1.47 bits per heavy atom. The summed E-state index contributed by atoms with van der Waals surface area (Å²) in [5.41, 5.74) is 0. The molecule has 2 unspecified atom stereocenters. The molecule has 1 rings (SSSR count). The van der Waals surface area contributed by atoms with Crippen LogP contribution in [0, 0.1) is 11.8 Å². The van der Waals surface area contributed by atoms with Crippen molar-refractivity contribution in [3.8, 4) is 0 Å². The molecular weight excluding hydrogens is 216 g/mol. The monoisotopic (exact) mass is 242 g/mol. The van der Waals surface area contributed by atoms with E-state index in [0.29, 0.717) is 24.3 Å². The molecule has 0 aromatic heterocycles. The van der Waals surface area contributed by atoms with Crippen LogP contribution >= 0.6 is 0 Å². The van der Waals surface area contributed by atoms with Gasteiger partial charge in [0, 0.05) is 32.1 Å². The fourth-order valence-corrected chi connectivity index (χ4v) is 2.71. The number of hydrogen-bond acceptors (Lipinski definition) is 3. The van der Waals surface area contributed by atoms with Gasteiger partial charge < -0.3 is 15.3 Å². The van der Waals surface area contributed by atoms with Crippen molar-refractivity contribution in [2.24, 2.45) is 11.8 Å². The summed E-state index contributed by atoms with van der Waals surface area (Å²) in [5.74, 6) is 0.522. The highest BCUT2D eigenvalue weighted by molar-refractivity contribution is 5.66. The lowest BCUT2D eigenvalue weighted by atomic mass is 9.90. The minimum atomic E-state index is -0.674. The van der Waals surface area contributed by atoms with Gasteiger partial charge in [-0.2, -0.15) is 0 Å². The zero-order chi connectivity index (χ0) is 12.8. The molecule has 4 nitrogen and oxygen atoms in total. The van der Waals surface area contributed by atoms with Crippen LogP contribution in [0.5, 0.6) is 0 Å². The summed E-state index contributed by atoms with van der Waals surface area (Å²) >= 11 is 0. The van der Waals surface area contributed by atoms with Crippen molar-refractivity contribution in [2.75, 3.05) is 26.7 Å². The van der Waals surface area contributed by atoms with E-state index in [4.69, 9.17) is 5.11 Å². The third-order valence-electron chi connectivity index (χ3n) is 3.41. The van der Waals surface area contributed by atoms with Crippen molar-refractivity contribution < 1.29 is 9.90 Å². The van der Waals surface area contributed by atoms with Crippen LogP contribution in [-0.2, 0) is 4.79 Å². The molecule has 0 radical (unpaired) electrons. The zero-order valence-corrected chi connectivity index (χ0v) is 11.3. The Labute approximate surface area is 104 Å². The van der Waals surface area contributed by atoms with Gasteiger partial charge in [0.25, 0.3) is 0 Å². The molecule has 0 bridgehead atoms. The summed E-state index contributed by atoms with van der Waals surface area (Å²) in [4.78, 5) is 13.1. The van der Waals surface area contributed by atoms with E-state index in [-0.39, 0.29) is 0 Å². The van der Waals surface area contributed by atoms with Gasteiger partial charge in [0.05, 0.1) is 0 Å². The molecule has 1 saturated heterocycles. The molecule has 4 heteroatoms. The predicted molar refractivity (Wildman–Crippen MR) is 69.1 cm³/mol. The Hall–Kier alpha value is -0.610. The first-order valence-electron chi connectivity index (χ1n) is 6.62. The van der Waals surface area contributed by atoms with Crippen molar-refractivity contribution in [2.45, 2.75) is 39.2 Å². The summed E-state index contributed by atoms with van der Waals surface area (Å²) in [7, 11) is 2.00. The summed E-state index contributed by atoms with van der Waals surface area (Å²) < 4.78 is 0. The lowest BCUT2D eigenvalue weighted by Crippen LogP contribution is -2.49. The normalized spacial score (nSPS) is 26.4. The van der Waals surface area contributed by atoms with Crippen LogP contribution in [0.2, 0.25) is 0 Å². The zero-order valence-electron chi connectivity index (χ0n) is 11.3. The Morgan fingerprint density at radius 3 is 2.71 bits per heavy atom. The quantitative estimate of drug-likeness (QED) is 0.739. The molecule has 1 fully saturated rings. The molecule has 100 valence electrons. The fourth-order valence-electron chi connectivity index (χ4n) is 2.71. The maximum atomic E-state index is 10.6. The molecule has 2 atom stereocenters. The Balaban J connectivity index is 2.44. The van der Waals surface area contributed by atoms with Gasteiger partial charge in [0.15, 0.2) is 0 Å². The average molecular weight is 242 g/mol. The van der Waals surface area contributed by atoms with E-state index in [2.05, 4.69) is 24.1 Å². The van der Waals surface area contributed by atoms with E-state index in [9.17, 15) is 4.79 Å². The van der Waals surface area contributed by atoms with Crippen LogP contribution < -0.4 is 5.32 Å². The van der Waals surface area contributed by atoms with E-state index in [1.807, 2.05) is 7.05 Å². The topological polar surface area (TPSA) is 52.6 Å². The molecule has 2 N–H and O–H groups in total. The second kappa shape index (κ2) is 6.97. The van der Waals surface area contributed by atoms with E-state index >= 15 is 0 Å². The van der Waals surface area contributed by atoms with Crippen molar-refractivity contribution in [3.63, 3.8) is 0 Å². The SMILES string of the molecule is CNC1CC(CCC(=O)O)CN(CC(C)C)C1. The standard InChI is InChI=1S/C13H26N2O2/c1-10(2)7-15-8-11(4-5-13(16)17)6-12(9-15)14-3/h10-12,14H,4-9H2,1-3H3,(H,16,17). The molecule has 0 spiro atoms. The van der Waals surface area contributed by atoms with Gasteiger partial charge in [0.2, 0.25) is 0 Å². The highest BCUT2D eigenvalue weighted by Crippen LogP contribution is 2.22. The number of carbonyl (C=O) groups is 1. The van der Waals surface area contributed by atoms with Crippen LogP contribution in [-0.4, -0.2) is 48.7 Å². The second-order valence-electron chi connectivity index (χ2n) is 5.63. The predicted octanol–water partition coefficient (Wildman–Crippen LogP) is 1.42.